The van der Waals surface area contributed by atoms with Crippen molar-refractivity contribution in [2.24, 2.45) is 17.8 Å². The Kier molecular flexibility index (Phi) is 4.52. The van der Waals surface area contributed by atoms with Crippen LogP contribution in [-0.4, -0.2) is 80.3 Å². The number of hydrogen-bond donors (Lipinski definition) is 1. The standard InChI is InChI=1S/C17H27N3O4S/c21-16(18-13-3-8-25(23,24)11-13)10-19-4-6-20(7-5-19)17(22)15-9-14(15)12-1-2-12/h12-15H,1-11H2,(H,18,21). The van der Waals surface area contributed by atoms with Crippen LogP contribution in [0.3, 0.4) is 0 Å². The number of sulfone groups is 1. The summed E-state index contributed by atoms with van der Waals surface area (Å²) in [7, 11) is -2.97. The SMILES string of the molecule is O=C(CN1CCN(C(=O)C2CC2C2CC2)CC1)NC1CCS(=O)(=O)C1. The van der Waals surface area contributed by atoms with Gasteiger partial charge in [0.1, 0.15) is 0 Å². The van der Waals surface area contributed by atoms with E-state index in [0.29, 0.717) is 44.4 Å². The van der Waals surface area contributed by atoms with Gasteiger partial charge >= 0.3 is 0 Å². The van der Waals surface area contributed by atoms with Crippen LogP contribution in [0.5, 0.6) is 0 Å². The van der Waals surface area contributed by atoms with E-state index < -0.39 is 9.84 Å². The van der Waals surface area contributed by atoms with Gasteiger partial charge in [0.05, 0.1) is 18.1 Å². The summed E-state index contributed by atoms with van der Waals surface area (Å²) in [6.07, 6.45) is 4.20. The van der Waals surface area contributed by atoms with Gasteiger partial charge in [-0.1, -0.05) is 0 Å². The van der Waals surface area contributed by atoms with E-state index in [2.05, 4.69) is 5.32 Å². The van der Waals surface area contributed by atoms with Crippen LogP contribution in [-0.2, 0) is 19.4 Å². The maximum atomic E-state index is 12.5. The Morgan fingerprint density at radius 1 is 1.04 bits per heavy atom. The van der Waals surface area contributed by atoms with E-state index in [-0.39, 0.29) is 35.9 Å². The molecule has 2 heterocycles. The Bertz CT molecular complexity index is 653. The Balaban J connectivity index is 1.17. The zero-order chi connectivity index (χ0) is 17.6. The summed E-state index contributed by atoms with van der Waals surface area (Å²) in [5.74, 6) is 2.17. The van der Waals surface area contributed by atoms with E-state index in [1.165, 1.54) is 12.8 Å². The molecule has 0 aromatic rings. The van der Waals surface area contributed by atoms with Crippen molar-refractivity contribution in [3.05, 3.63) is 0 Å². The molecule has 2 aliphatic carbocycles. The minimum atomic E-state index is -2.97. The van der Waals surface area contributed by atoms with Crippen LogP contribution in [0, 0.1) is 17.8 Å². The van der Waals surface area contributed by atoms with Crippen molar-refractivity contribution in [2.45, 2.75) is 31.7 Å². The van der Waals surface area contributed by atoms with Gasteiger partial charge in [-0.05, 0) is 37.5 Å². The summed E-state index contributed by atoms with van der Waals surface area (Å²) in [6.45, 7) is 3.09. The Morgan fingerprint density at radius 3 is 2.36 bits per heavy atom. The third kappa shape index (κ3) is 4.16. The third-order valence-electron chi connectivity index (χ3n) is 6.03. The molecule has 3 atom stereocenters. The molecule has 4 aliphatic rings. The van der Waals surface area contributed by atoms with Gasteiger partial charge in [0, 0.05) is 38.1 Å². The van der Waals surface area contributed by atoms with E-state index in [9.17, 15) is 18.0 Å². The molecule has 3 unspecified atom stereocenters. The van der Waals surface area contributed by atoms with Crippen LogP contribution in [0.25, 0.3) is 0 Å². The Labute approximate surface area is 149 Å². The van der Waals surface area contributed by atoms with Gasteiger partial charge in [0.25, 0.3) is 0 Å². The fourth-order valence-corrected chi connectivity index (χ4v) is 5.96. The van der Waals surface area contributed by atoms with Crippen LogP contribution in [0.2, 0.25) is 0 Å². The molecule has 0 radical (unpaired) electrons. The number of nitrogens with zero attached hydrogens (tertiary/aromatic N) is 2. The quantitative estimate of drug-likeness (QED) is 0.705. The summed E-state index contributed by atoms with van der Waals surface area (Å²) in [5, 5.41) is 2.83. The number of amides is 2. The lowest BCUT2D eigenvalue weighted by Gasteiger charge is -2.34. The first-order chi connectivity index (χ1) is 11.9. The predicted molar refractivity (Wildman–Crippen MR) is 92.5 cm³/mol. The van der Waals surface area contributed by atoms with Gasteiger partial charge in [-0.2, -0.15) is 0 Å². The van der Waals surface area contributed by atoms with Crippen molar-refractivity contribution in [2.75, 3.05) is 44.2 Å². The highest BCUT2D eigenvalue weighted by Crippen LogP contribution is 2.54. The van der Waals surface area contributed by atoms with E-state index in [0.717, 1.165) is 12.3 Å². The van der Waals surface area contributed by atoms with Gasteiger partial charge in [0.15, 0.2) is 9.84 Å². The van der Waals surface area contributed by atoms with Gasteiger partial charge in [-0.15, -0.1) is 0 Å². The highest BCUT2D eigenvalue weighted by atomic mass is 32.2. The second-order valence-corrected chi connectivity index (χ2v) is 10.3. The average Bonchev–Trinajstić information content (AvgIpc) is 3.44. The highest BCUT2D eigenvalue weighted by molar-refractivity contribution is 7.91. The zero-order valence-electron chi connectivity index (χ0n) is 14.5. The van der Waals surface area contributed by atoms with E-state index >= 15 is 0 Å². The molecule has 2 aliphatic heterocycles. The molecule has 2 amide bonds. The first-order valence-electron chi connectivity index (χ1n) is 9.42. The van der Waals surface area contributed by atoms with Crippen molar-refractivity contribution in [1.82, 2.24) is 15.1 Å². The van der Waals surface area contributed by atoms with Gasteiger partial charge < -0.3 is 10.2 Å². The summed E-state index contributed by atoms with van der Waals surface area (Å²) in [6, 6.07) is -0.241. The molecular weight excluding hydrogens is 342 g/mol. The molecule has 140 valence electrons. The van der Waals surface area contributed by atoms with Crippen molar-refractivity contribution in [1.29, 1.82) is 0 Å². The van der Waals surface area contributed by atoms with Gasteiger partial charge in [-0.25, -0.2) is 8.42 Å². The molecule has 2 saturated carbocycles. The number of rotatable bonds is 5. The molecule has 1 N–H and O–H groups in total. The molecule has 0 aromatic heterocycles. The second-order valence-electron chi connectivity index (χ2n) is 8.11. The second kappa shape index (κ2) is 6.54. The first-order valence-corrected chi connectivity index (χ1v) is 11.2. The zero-order valence-corrected chi connectivity index (χ0v) is 15.3. The van der Waals surface area contributed by atoms with Crippen LogP contribution >= 0.6 is 0 Å². The van der Waals surface area contributed by atoms with Crippen LogP contribution in [0.4, 0.5) is 0 Å². The van der Waals surface area contributed by atoms with Crippen molar-refractivity contribution in [3.63, 3.8) is 0 Å². The fraction of sp³-hybridized carbons (Fsp3) is 0.882. The molecule has 0 bridgehead atoms. The monoisotopic (exact) mass is 369 g/mol. The molecule has 25 heavy (non-hydrogen) atoms. The number of carbonyl (C=O) groups is 2. The summed E-state index contributed by atoms with van der Waals surface area (Å²) in [4.78, 5) is 28.6. The summed E-state index contributed by atoms with van der Waals surface area (Å²) < 4.78 is 22.9. The minimum Gasteiger partial charge on any atom is -0.351 e. The van der Waals surface area contributed by atoms with Crippen molar-refractivity contribution >= 4 is 21.7 Å². The lowest BCUT2D eigenvalue weighted by molar-refractivity contribution is -0.135. The summed E-state index contributed by atoms with van der Waals surface area (Å²) in [5.41, 5.74) is 0. The van der Waals surface area contributed by atoms with E-state index in [1.54, 1.807) is 0 Å². The Morgan fingerprint density at radius 2 is 1.76 bits per heavy atom. The summed E-state index contributed by atoms with van der Waals surface area (Å²) >= 11 is 0. The largest absolute Gasteiger partial charge is 0.351 e. The van der Waals surface area contributed by atoms with Crippen LogP contribution < -0.4 is 5.32 Å². The smallest absolute Gasteiger partial charge is 0.234 e. The first kappa shape index (κ1) is 17.3. The number of piperazine rings is 1. The van der Waals surface area contributed by atoms with Gasteiger partial charge in [0.2, 0.25) is 11.8 Å². The van der Waals surface area contributed by atoms with Gasteiger partial charge in [-0.3, -0.25) is 14.5 Å². The Hall–Kier alpha value is -1.15. The highest BCUT2D eigenvalue weighted by Gasteiger charge is 2.52. The lowest BCUT2D eigenvalue weighted by atomic mass is 10.2. The molecule has 7 nitrogen and oxygen atoms in total. The number of nitrogens with one attached hydrogen (secondary N) is 1. The van der Waals surface area contributed by atoms with E-state index in [4.69, 9.17) is 0 Å². The van der Waals surface area contributed by atoms with Crippen molar-refractivity contribution in [3.8, 4) is 0 Å². The topological polar surface area (TPSA) is 86.8 Å². The molecule has 0 spiro atoms. The number of carbonyl (C=O) groups excluding carboxylic acids is 2. The molecule has 2 saturated heterocycles. The van der Waals surface area contributed by atoms with Crippen LogP contribution in [0.1, 0.15) is 25.7 Å². The van der Waals surface area contributed by atoms with Crippen molar-refractivity contribution < 1.29 is 18.0 Å². The third-order valence-corrected chi connectivity index (χ3v) is 7.80. The molecule has 4 rings (SSSR count). The maximum Gasteiger partial charge on any atom is 0.234 e. The molecule has 0 aromatic carbocycles. The fourth-order valence-electron chi connectivity index (χ4n) is 4.29. The van der Waals surface area contributed by atoms with Crippen LogP contribution in [0.15, 0.2) is 0 Å². The molecule has 8 heteroatoms. The maximum absolute atomic E-state index is 12.5. The minimum absolute atomic E-state index is 0.0601. The van der Waals surface area contributed by atoms with E-state index in [1.807, 2.05) is 9.80 Å². The normalized spacial score (nSPS) is 34.7. The molecular formula is C17H27N3O4S. The average molecular weight is 369 g/mol. The number of hydrogen-bond acceptors (Lipinski definition) is 5. The lowest BCUT2D eigenvalue weighted by Crippen LogP contribution is -2.52. The molecule has 4 fully saturated rings. The predicted octanol–water partition coefficient (Wildman–Crippen LogP) is -0.520.